The first-order valence-electron chi connectivity index (χ1n) is 9.39. The third kappa shape index (κ3) is 5.51. The molecule has 0 aliphatic heterocycles. The molecule has 0 saturated heterocycles. The summed E-state index contributed by atoms with van der Waals surface area (Å²) < 4.78 is 18.5. The Labute approximate surface area is 168 Å². The Bertz CT molecular complexity index is 955. The van der Waals surface area contributed by atoms with Gasteiger partial charge in [-0.15, -0.1) is 0 Å². The predicted octanol–water partition coefficient (Wildman–Crippen LogP) is 3.45. The monoisotopic (exact) mass is 395 g/mol. The molecule has 0 bridgehead atoms. The van der Waals surface area contributed by atoms with Crippen molar-refractivity contribution in [3.05, 3.63) is 89.1 Å². The smallest absolute Gasteiger partial charge is 0.273 e. The molecule has 1 N–H and O–H groups in total. The van der Waals surface area contributed by atoms with Crippen LogP contribution in [0.15, 0.2) is 65.2 Å². The molecule has 0 radical (unpaired) electrons. The van der Waals surface area contributed by atoms with E-state index in [2.05, 4.69) is 10.5 Å². The van der Waals surface area contributed by atoms with E-state index < -0.39 is 5.82 Å². The minimum Gasteiger partial charge on any atom is -0.359 e. The summed E-state index contributed by atoms with van der Waals surface area (Å²) in [5.74, 6) is -0.589. The second-order valence-corrected chi connectivity index (χ2v) is 6.51. The number of hydrogen-bond acceptors (Lipinski definition) is 4. The number of nitrogens with one attached hydrogen (secondary N) is 1. The Morgan fingerprint density at radius 3 is 2.52 bits per heavy atom. The fourth-order valence-electron chi connectivity index (χ4n) is 2.87. The largest absolute Gasteiger partial charge is 0.359 e. The molecule has 0 aliphatic carbocycles. The van der Waals surface area contributed by atoms with Crippen LogP contribution in [-0.4, -0.2) is 35.0 Å². The number of hydrogen-bond donors (Lipinski definition) is 1. The minimum absolute atomic E-state index is 0.148. The zero-order valence-corrected chi connectivity index (χ0v) is 16.1. The van der Waals surface area contributed by atoms with Crippen LogP contribution in [0.4, 0.5) is 4.39 Å². The Kier molecular flexibility index (Phi) is 6.73. The van der Waals surface area contributed by atoms with E-state index in [-0.39, 0.29) is 24.1 Å². The standard InChI is InChI=1S/C22H22FN3O3/c1-2-24-21(27)20-14-19(29-25-20)15-26(13-12-16-6-4-3-5-7-16)22(28)17-8-10-18(23)11-9-17/h3-11,14H,2,12-13,15H2,1H3,(H,24,27). The van der Waals surface area contributed by atoms with Crippen LogP contribution < -0.4 is 5.32 Å². The van der Waals surface area contributed by atoms with E-state index in [1.807, 2.05) is 37.3 Å². The molecule has 3 aromatic rings. The molecule has 29 heavy (non-hydrogen) atoms. The Morgan fingerprint density at radius 1 is 1.10 bits per heavy atom. The zero-order valence-electron chi connectivity index (χ0n) is 16.1. The number of carbonyl (C=O) groups is 2. The van der Waals surface area contributed by atoms with E-state index in [1.54, 1.807) is 4.90 Å². The first kappa shape index (κ1) is 20.3. The lowest BCUT2D eigenvalue weighted by molar-refractivity contribution is 0.0729. The fourth-order valence-corrected chi connectivity index (χ4v) is 2.87. The van der Waals surface area contributed by atoms with Crippen molar-refractivity contribution in [2.24, 2.45) is 0 Å². The van der Waals surface area contributed by atoms with E-state index in [9.17, 15) is 14.0 Å². The number of amides is 2. The van der Waals surface area contributed by atoms with Crippen LogP contribution in [-0.2, 0) is 13.0 Å². The normalized spacial score (nSPS) is 10.6. The van der Waals surface area contributed by atoms with Crippen molar-refractivity contribution < 1.29 is 18.5 Å². The van der Waals surface area contributed by atoms with Crippen LogP contribution in [0.5, 0.6) is 0 Å². The minimum atomic E-state index is -0.404. The van der Waals surface area contributed by atoms with Crippen LogP contribution >= 0.6 is 0 Å². The van der Waals surface area contributed by atoms with Crippen LogP contribution in [0.25, 0.3) is 0 Å². The number of benzene rings is 2. The number of rotatable bonds is 8. The highest BCUT2D eigenvalue weighted by molar-refractivity contribution is 5.94. The summed E-state index contributed by atoms with van der Waals surface area (Å²) in [5, 5.41) is 6.43. The van der Waals surface area contributed by atoms with Gasteiger partial charge in [0.05, 0.1) is 6.54 Å². The van der Waals surface area contributed by atoms with Crippen LogP contribution in [0.1, 0.15) is 39.1 Å². The molecule has 0 atom stereocenters. The quantitative estimate of drug-likeness (QED) is 0.634. The molecular formula is C22H22FN3O3. The van der Waals surface area contributed by atoms with Gasteiger partial charge < -0.3 is 14.7 Å². The fraction of sp³-hybridized carbons (Fsp3) is 0.227. The SMILES string of the molecule is CCNC(=O)c1cc(CN(CCc2ccccc2)C(=O)c2ccc(F)cc2)on1. The van der Waals surface area contributed by atoms with Gasteiger partial charge in [0.2, 0.25) is 0 Å². The van der Waals surface area contributed by atoms with Crippen molar-refractivity contribution in [3.8, 4) is 0 Å². The second kappa shape index (κ2) is 9.64. The molecule has 0 fully saturated rings. The number of carbonyl (C=O) groups excluding carboxylic acids is 2. The molecule has 1 aromatic heterocycles. The highest BCUT2D eigenvalue weighted by Gasteiger charge is 2.20. The second-order valence-electron chi connectivity index (χ2n) is 6.51. The maximum absolute atomic E-state index is 13.2. The predicted molar refractivity (Wildman–Crippen MR) is 106 cm³/mol. The van der Waals surface area contributed by atoms with Gasteiger partial charge in [-0.25, -0.2) is 4.39 Å². The van der Waals surface area contributed by atoms with Gasteiger partial charge >= 0.3 is 0 Å². The highest BCUT2D eigenvalue weighted by atomic mass is 19.1. The highest BCUT2D eigenvalue weighted by Crippen LogP contribution is 2.14. The average molecular weight is 395 g/mol. The van der Waals surface area contributed by atoms with Gasteiger partial charge in [0, 0.05) is 24.7 Å². The van der Waals surface area contributed by atoms with Crippen molar-refractivity contribution in [3.63, 3.8) is 0 Å². The number of halogens is 1. The van der Waals surface area contributed by atoms with Crippen molar-refractivity contribution in [2.45, 2.75) is 19.9 Å². The summed E-state index contributed by atoms with van der Waals surface area (Å²) in [4.78, 5) is 26.5. The molecular weight excluding hydrogens is 373 g/mol. The molecule has 1 heterocycles. The molecule has 0 spiro atoms. The van der Waals surface area contributed by atoms with Gasteiger partial charge in [-0.2, -0.15) is 0 Å². The zero-order chi connectivity index (χ0) is 20.6. The molecule has 7 heteroatoms. The molecule has 2 amide bonds. The van der Waals surface area contributed by atoms with Gasteiger partial charge in [0.1, 0.15) is 5.82 Å². The van der Waals surface area contributed by atoms with E-state index in [0.717, 1.165) is 5.56 Å². The van der Waals surface area contributed by atoms with Crippen LogP contribution in [0.3, 0.4) is 0 Å². The van der Waals surface area contributed by atoms with Gasteiger partial charge in [-0.1, -0.05) is 35.5 Å². The van der Waals surface area contributed by atoms with Crippen LogP contribution in [0, 0.1) is 5.82 Å². The Hall–Kier alpha value is -3.48. The Balaban J connectivity index is 1.77. The lowest BCUT2D eigenvalue weighted by Gasteiger charge is -2.21. The van der Waals surface area contributed by atoms with E-state index >= 15 is 0 Å². The van der Waals surface area contributed by atoms with Crippen molar-refractivity contribution in [1.82, 2.24) is 15.4 Å². The molecule has 0 saturated carbocycles. The summed E-state index contributed by atoms with van der Waals surface area (Å²) in [6.07, 6.45) is 0.644. The summed E-state index contributed by atoms with van der Waals surface area (Å²) in [5.41, 5.74) is 1.63. The summed E-state index contributed by atoms with van der Waals surface area (Å²) in [7, 11) is 0. The van der Waals surface area contributed by atoms with E-state index in [4.69, 9.17) is 4.52 Å². The van der Waals surface area contributed by atoms with Crippen molar-refractivity contribution >= 4 is 11.8 Å². The molecule has 0 aliphatic rings. The molecule has 0 unspecified atom stereocenters. The molecule has 6 nitrogen and oxygen atoms in total. The lowest BCUT2D eigenvalue weighted by Crippen LogP contribution is -2.32. The maximum atomic E-state index is 13.2. The average Bonchev–Trinajstić information content (AvgIpc) is 3.21. The lowest BCUT2D eigenvalue weighted by atomic mass is 10.1. The van der Waals surface area contributed by atoms with Gasteiger partial charge in [0.15, 0.2) is 11.5 Å². The van der Waals surface area contributed by atoms with Crippen LogP contribution in [0.2, 0.25) is 0 Å². The van der Waals surface area contributed by atoms with E-state index in [0.29, 0.717) is 30.8 Å². The van der Waals surface area contributed by atoms with Gasteiger partial charge in [0.25, 0.3) is 11.8 Å². The third-order valence-electron chi connectivity index (χ3n) is 4.37. The van der Waals surface area contributed by atoms with Crippen molar-refractivity contribution in [2.75, 3.05) is 13.1 Å². The molecule has 3 rings (SSSR count). The number of nitrogens with zero attached hydrogens (tertiary/aromatic N) is 2. The van der Waals surface area contributed by atoms with E-state index in [1.165, 1.54) is 30.3 Å². The number of aromatic nitrogens is 1. The van der Waals surface area contributed by atoms with Gasteiger partial charge in [-0.05, 0) is 43.2 Å². The summed E-state index contributed by atoms with van der Waals surface area (Å²) in [6, 6.07) is 16.7. The molecule has 150 valence electrons. The maximum Gasteiger partial charge on any atom is 0.273 e. The third-order valence-corrected chi connectivity index (χ3v) is 4.37. The molecule has 2 aromatic carbocycles. The summed E-state index contributed by atoms with van der Waals surface area (Å²) >= 11 is 0. The topological polar surface area (TPSA) is 75.4 Å². The van der Waals surface area contributed by atoms with Crippen molar-refractivity contribution in [1.29, 1.82) is 0 Å². The first-order chi connectivity index (χ1) is 14.1. The van der Waals surface area contributed by atoms with Gasteiger partial charge in [-0.3, -0.25) is 9.59 Å². The Morgan fingerprint density at radius 2 is 1.83 bits per heavy atom. The first-order valence-corrected chi connectivity index (χ1v) is 9.39. The summed E-state index contributed by atoms with van der Waals surface area (Å²) in [6.45, 7) is 2.87.